The van der Waals surface area contributed by atoms with E-state index in [1.165, 1.54) is 13.4 Å². The molecular formula is C17H20N2O5. The van der Waals surface area contributed by atoms with Gasteiger partial charge in [-0.15, -0.1) is 0 Å². The number of nitrogens with one attached hydrogen (secondary N) is 2. The van der Waals surface area contributed by atoms with Gasteiger partial charge in [0.2, 0.25) is 11.8 Å². The number of hydrogen-bond donors (Lipinski definition) is 2. The Morgan fingerprint density at radius 2 is 2.21 bits per heavy atom. The maximum atomic E-state index is 12.5. The van der Waals surface area contributed by atoms with Crippen LogP contribution in [0.1, 0.15) is 35.7 Å². The van der Waals surface area contributed by atoms with E-state index in [4.69, 9.17) is 9.47 Å². The third-order valence-corrected chi connectivity index (χ3v) is 3.56. The number of benzene rings is 1. The fourth-order valence-corrected chi connectivity index (χ4v) is 2.30. The van der Waals surface area contributed by atoms with E-state index in [0.717, 1.165) is 0 Å². The quantitative estimate of drug-likeness (QED) is 0.604. The second-order valence-corrected chi connectivity index (χ2v) is 5.19. The van der Waals surface area contributed by atoms with Crippen molar-refractivity contribution in [1.29, 1.82) is 0 Å². The number of carbonyl (C=O) groups excluding carboxylic acids is 3. The average molecular weight is 332 g/mol. The van der Waals surface area contributed by atoms with Crippen molar-refractivity contribution in [3.63, 3.8) is 0 Å². The van der Waals surface area contributed by atoms with Crippen LogP contribution in [0.2, 0.25) is 0 Å². The summed E-state index contributed by atoms with van der Waals surface area (Å²) in [7, 11) is 1.54. The van der Waals surface area contributed by atoms with Crippen LogP contribution in [0.25, 0.3) is 6.08 Å². The highest BCUT2D eigenvalue weighted by Crippen LogP contribution is 2.20. The van der Waals surface area contributed by atoms with Gasteiger partial charge in [-0.25, -0.2) is 0 Å². The van der Waals surface area contributed by atoms with E-state index < -0.39 is 17.9 Å². The number of methoxy groups -OCH3 is 1. The van der Waals surface area contributed by atoms with Gasteiger partial charge in [-0.3, -0.25) is 19.7 Å². The van der Waals surface area contributed by atoms with E-state index in [1.54, 1.807) is 24.3 Å². The SMILES string of the molecule is CCO/C=C/c1cc(OC)ccc1C(=O)NC1CCC(=O)NC1=O. The second-order valence-electron chi connectivity index (χ2n) is 5.19. The molecule has 3 amide bonds. The molecule has 2 N–H and O–H groups in total. The van der Waals surface area contributed by atoms with Crippen molar-refractivity contribution in [2.75, 3.05) is 13.7 Å². The molecule has 0 bridgehead atoms. The van der Waals surface area contributed by atoms with Crippen LogP contribution >= 0.6 is 0 Å². The third kappa shape index (κ3) is 4.34. The van der Waals surface area contributed by atoms with Crippen LogP contribution in [0, 0.1) is 0 Å². The Morgan fingerprint density at radius 3 is 2.88 bits per heavy atom. The molecule has 1 saturated heterocycles. The predicted molar refractivity (Wildman–Crippen MR) is 87.3 cm³/mol. The summed E-state index contributed by atoms with van der Waals surface area (Å²) in [4.78, 5) is 35.4. The molecule has 7 heteroatoms. The largest absolute Gasteiger partial charge is 0.501 e. The number of rotatable bonds is 6. The van der Waals surface area contributed by atoms with Crippen LogP contribution in [0.3, 0.4) is 0 Å². The van der Waals surface area contributed by atoms with E-state index in [1.807, 2.05) is 6.92 Å². The fraction of sp³-hybridized carbons (Fsp3) is 0.353. The van der Waals surface area contributed by atoms with Crippen LogP contribution in [0.4, 0.5) is 0 Å². The van der Waals surface area contributed by atoms with Crippen molar-refractivity contribution in [2.24, 2.45) is 0 Å². The summed E-state index contributed by atoms with van der Waals surface area (Å²) >= 11 is 0. The van der Waals surface area contributed by atoms with Gasteiger partial charge in [-0.05, 0) is 43.2 Å². The van der Waals surface area contributed by atoms with Gasteiger partial charge in [0.25, 0.3) is 5.91 Å². The van der Waals surface area contributed by atoms with Gasteiger partial charge in [0.15, 0.2) is 0 Å². The van der Waals surface area contributed by atoms with E-state index >= 15 is 0 Å². The molecule has 1 aliphatic rings. The van der Waals surface area contributed by atoms with Crippen LogP contribution in [-0.4, -0.2) is 37.5 Å². The van der Waals surface area contributed by atoms with Crippen LogP contribution < -0.4 is 15.4 Å². The topological polar surface area (TPSA) is 93.7 Å². The molecule has 0 saturated carbocycles. The summed E-state index contributed by atoms with van der Waals surface area (Å²) in [6, 6.07) is 4.26. The van der Waals surface area contributed by atoms with Gasteiger partial charge in [0.05, 0.1) is 20.0 Å². The number of hydrogen-bond acceptors (Lipinski definition) is 5. The fourth-order valence-electron chi connectivity index (χ4n) is 2.30. The highest BCUT2D eigenvalue weighted by atomic mass is 16.5. The van der Waals surface area contributed by atoms with Gasteiger partial charge in [0, 0.05) is 12.0 Å². The minimum atomic E-state index is -0.721. The Balaban J connectivity index is 2.18. The minimum absolute atomic E-state index is 0.205. The van der Waals surface area contributed by atoms with Gasteiger partial charge in [0.1, 0.15) is 11.8 Å². The number of ether oxygens (including phenoxy) is 2. The predicted octanol–water partition coefficient (Wildman–Crippen LogP) is 1.24. The van der Waals surface area contributed by atoms with E-state index in [9.17, 15) is 14.4 Å². The van der Waals surface area contributed by atoms with Crippen molar-refractivity contribution >= 4 is 23.8 Å². The smallest absolute Gasteiger partial charge is 0.252 e. The normalized spacial score (nSPS) is 17.5. The lowest BCUT2D eigenvalue weighted by Crippen LogP contribution is -2.52. The summed E-state index contributed by atoms with van der Waals surface area (Å²) in [5, 5.41) is 4.87. The molecule has 128 valence electrons. The Labute approximate surface area is 140 Å². The molecule has 1 aromatic carbocycles. The molecule has 1 atom stereocenters. The first-order valence-electron chi connectivity index (χ1n) is 7.66. The van der Waals surface area contributed by atoms with Crippen molar-refractivity contribution in [3.8, 4) is 5.75 Å². The molecule has 7 nitrogen and oxygen atoms in total. The zero-order valence-corrected chi connectivity index (χ0v) is 13.6. The maximum absolute atomic E-state index is 12.5. The molecule has 1 aliphatic heterocycles. The maximum Gasteiger partial charge on any atom is 0.252 e. The number of amides is 3. The molecular weight excluding hydrogens is 312 g/mol. The minimum Gasteiger partial charge on any atom is -0.501 e. The zero-order chi connectivity index (χ0) is 17.5. The number of imide groups is 1. The summed E-state index contributed by atoms with van der Waals surface area (Å²) in [5.74, 6) is -0.609. The Hall–Kier alpha value is -2.83. The molecule has 1 aromatic rings. The average Bonchev–Trinajstić information content (AvgIpc) is 2.57. The monoisotopic (exact) mass is 332 g/mol. The van der Waals surface area contributed by atoms with Crippen molar-refractivity contribution in [2.45, 2.75) is 25.8 Å². The molecule has 1 heterocycles. The molecule has 1 fully saturated rings. The van der Waals surface area contributed by atoms with Crippen LogP contribution in [-0.2, 0) is 14.3 Å². The second kappa shape index (κ2) is 8.14. The first-order valence-corrected chi connectivity index (χ1v) is 7.66. The van der Waals surface area contributed by atoms with Gasteiger partial charge in [-0.2, -0.15) is 0 Å². The third-order valence-electron chi connectivity index (χ3n) is 3.56. The molecule has 0 spiro atoms. The van der Waals surface area contributed by atoms with Crippen molar-refractivity contribution < 1.29 is 23.9 Å². The highest BCUT2D eigenvalue weighted by Gasteiger charge is 2.28. The summed E-state index contributed by atoms with van der Waals surface area (Å²) in [6.07, 6.45) is 3.65. The number of carbonyl (C=O) groups is 3. The van der Waals surface area contributed by atoms with Crippen molar-refractivity contribution in [3.05, 3.63) is 35.6 Å². The van der Waals surface area contributed by atoms with Gasteiger partial charge < -0.3 is 14.8 Å². The first-order chi connectivity index (χ1) is 11.5. The van der Waals surface area contributed by atoms with E-state index in [0.29, 0.717) is 23.5 Å². The Bertz CT molecular complexity index is 669. The van der Waals surface area contributed by atoms with Crippen LogP contribution in [0.5, 0.6) is 5.75 Å². The molecule has 0 aliphatic carbocycles. The number of piperidine rings is 1. The molecule has 2 rings (SSSR count). The van der Waals surface area contributed by atoms with Gasteiger partial charge in [-0.1, -0.05) is 0 Å². The molecule has 24 heavy (non-hydrogen) atoms. The zero-order valence-electron chi connectivity index (χ0n) is 13.6. The van der Waals surface area contributed by atoms with Crippen LogP contribution in [0.15, 0.2) is 24.5 Å². The van der Waals surface area contributed by atoms with E-state index in [-0.39, 0.29) is 18.7 Å². The highest BCUT2D eigenvalue weighted by molar-refractivity contribution is 6.04. The summed E-state index contributed by atoms with van der Waals surface area (Å²) < 4.78 is 10.3. The van der Waals surface area contributed by atoms with Gasteiger partial charge >= 0.3 is 0 Å². The summed E-state index contributed by atoms with van der Waals surface area (Å²) in [6.45, 7) is 2.37. The first kappa shape index (κ1) is 17.5. The Morgan fingerprint density at radius 1 is 1.42 bits per heavy atom. The standard InChI is InChI=1S/C17H20N2O5/c1-3-24-9-8-11-10-12(23-2)4-5-13(11)16(21)18-14-6-7-15(20)19-17(14)22/h4-5,8-10,14H,3,6-7H2,1-2H3,(H,18,21)(H,19,20,22)/b9-8+. The Kier molecular flexibility index (Phi) is 5.95. The van der Waals surface area contributed by atoms with E-state index in [2.05, 4.69) is 10.6 Å². The molecule has 1 unspecified atom stereocenters. The lowest BCUT2D eigenvalue weighted by Gasteiger charge is -2.22. The summed E-state index contributed by atoms with van der Waals surface area (Å²) in [5.41, 5.74) is 0.990. The van der Waals surface area contributed by atoms with Crippen molar-refractivity contribution in [1.82, 2.24) is 10.6 Å². The molecule has 0 radical (unpaired) electrons. The lowest BCUT2D eigenvalue weighted by molar-refractivity contribution is -0.134. The molecule has 0 aromatic heterocycles. The lowest BCUT2D eigenvalue weighted by atomic mass is 10.0.